The summed E-state index contributed by atoms with van der Waals surface area (Å²) in [5.41, 5.74) is 0. The fourth-order valence-electron chi connectivity index (χ4n) is 1.66. The lowest BCUT2D eigenvalue weighted by molar-refractivity contribution is -0.124. The van der Waals surface area contributed by atoms with Gasteiger partial charge in [0.15, 0.2) is 0 Å². The summed E-state index contributed by atoms with van der Waals surface area (Å²) in [5.74, 6) is -0.380. The molecule has 0 saturated carbocycles. The second-order valence-corrected chi connectivity index (χ2v) is 5.53. The molecule has 2 unspecified atom stereocenters. The molecule has 88 valence electrons. The number of carbonyl (C=O) groups excluding carboxylic acids is 1. The molecule has 1 heterocycles. The number of primary sulfonamides is 1. The van der Waals surface area contributed by atoms with Gasteiger partial charge in [0.2, 0.25) is 15.9 Å². The molecule has 1 amide bonds. The molecule has 2 atom stereocenters. The Morgan fingerprint density at radius 1 is 1.60 bits per heavy atom. The second-order valence-electron chi connectivity index (χ2n) is 3.80. The van der Waals surface area contributed by atoms with Gasteiger partial charge in [0.05, 0.1) is 11.7 Å². The zero-order chi connectivity index (χ0) is 11.5. The van der Waals surface area contributed by atoms with Crippen LogP contribution in [0, 0.1) is 5.92 Å². The van der Waals surface area contributed by atoms with Crippen LogP contribution in [0.1, 0.15) is 13.3 Å². The first-order chi connectivity index (χ1) is 6.90. The molecule has 4 N–H and O–H groups in total. The Hall–Kier alpha value is -0.660. The van der Waals surface area contributed by atoms with Gasteiger partial charge in [-0.25, -0.2) is 13.6 Å². The molecule has 1 aliphatic heterocycles. The Labute approximate surface area is 89.6 Å². The van der Waals surface area contributed by atoms with E-state index in [-0.39, 0.29) is 30.2 Å². The van der Waals surface area contributed by atoms with Crippen molar-refractivity contribution in [2.24, 2.45) is 11.1 Å². The van der Waals surface area contributed by atoms with Gasteiger partial charge >= 0.3 is 0 Å². The Morgan fingerprint density at radius 3 is 2.73 bits per heavy atom. The van der Waals surface area contributed by atoms with E-state index in [9.17, 15) is 13.2 Å². The molecule has 0 bridgehead atoms. The lowest BCUT2D eigenvalue weighted by atomic mass is 10.0. The fourth-order valence-corrected chi connectivity index (χ4v) is 2.05. The van der Waals surface area contributed by atoms with Crippen molar-refractivity contribution in [1.82, 2.24) is 10.6 Å². The van der Waals surface area contributed by atoms with Crippen LogP contribution < -0.4 is 15.8 Å². The van der Waals surface area contributed by atoms with Crippen molar-refractivity contribution in [1.29, 1.82) is 0 Å². The van der Waals surface area contributed by atoms with Crippen LogP contribution in [0.4, 0.5) is 0 Å². The summed E-state index contributed by atoms with van der Waals surface area (Å²) in [4.78, 5) is 11.6. The normalized spacial score (nSPS) is 26.5. The summed E-state index contributed by atoms with van der Waals surface area (Å²) in [7, 11) is -3.49. The largest absolute Gasteiger partial charge is 0.355 e. The van der Waals surface area contributed by atoms with Gasteiger partial charge < -0.3 is 10.6 Å². The van der Waals surface area contributed by atoms with E-state index in [0.29, 0.717) is 0 Å². The van der Waals surface area contributed by atoms with Crippen LogP contribution in [-0.4, -0.2) is 39.2 Å². The first-order valence-corrected chi connectivity index (χ1v) is 6.63. The van der Waals surface area contributed by atoms with Crippen LogP contribution in [0.15, 0.2) is 0 Å². The zero-order valence-electron chi connectivity index (χ0n) is 8.69. The third-order valence-electron chi connectivity index (χ3n) is 2.55. The van der Waals surface area contributed by atoms with E-state index in [1.165, 1.54) is 0 Å². The number of sulfonamides is 1. The quantitative estimate of drug-likeness (QED) is 0.545. The number of amides is 1. The Balaban J connectivity index is 2.30. The van der Waals surface area contributed by atoms with E-state index in [4.69, 9.17) is 5.14 Å². The highest BCUT2D eigenvalue weighted by Crippen LogP contribution is 2.14. The van der Waals surface area contributed by atoms with Crippen LogP contribution in [0.3, 0.4) is 0 Å². The molecule has 0 spiro atoms. The molecule has 15 heavy (non-hydrogen) atoms. The standard InChI is InChI=1S/C8H17N3O3S/c1-6-7(2-3-10-6)8(12)11-4-5-15(9,13)14/h6-7,10H,2-5H2,1H3,(H,11,12)(H2,9,13,14). The molecule has 0 radical (unpaired) electrons. The summed E-state index contributed by atoms with van der Waals surface area (Å²) in [5, 5.41) is 10.5. The monoisotopic (exact) mass is 235 g/mol. The van der Waals surface area contributed by atoms with E-state index in [1.54, 1.807) is 0 Å². The van der Waals surface area contributed by atoms with Crippen LogP contribution in [0.5, 0.6) is 0 Å². The van der Waals surface area contributed by atoms with Crippen LogP contribution in [0.2, 0.25) is 0 Å². The van der Waals surface area contributed by atoms with Crippen molar-refractivity contribution >= 4 is 15.9 Å². The van der Waals surface area contributed by atoms with E-state index >= 15 is 0 Å². The molecule has 1 fully saturated rings. The van der Waals surface area contributed by atoms with Gasteiger partial charge in [0.25, 0.3) is 0 Å². The molecule has 1 aliphatic rings. The summed E-state index contributed by atoms with van der Waals surface area (Å²) in [6.45, 7) is 2.85. The molecule has 1 saturated heterocycles. The van der Waals surface area contributed by atoms with E-state index in [2.05, 4.69) is 10.6 Å². The van der Waals surface area contributed by atoms with Gasteiger partial charge in [0, 0.05) is 12.6 Å². The maximum Gasteiger partial charge on any atom is 0.224 e. The average Bonchev–Trinajstić information content (AvgIpc) is 2.48. The molecule has 7 heteroatoms. The molecule has 0 aromatic heterocycles. The minimum absolute atomic E-state index is 0.0644. The zero-order valence-corrected chi connectivity index (χ0v) is 9.51. The summed E-state index contributed by atoms with van der Waals surface area (Å²) in [6, 6.07) is 0.152. The number of carbonyl (C=O) groups is 1. The molecular formula is C8H17N3O3S. The topological polar surface area (TPSA) is 101 Å². The first-order valence-electron chi connectivity index (χ1n) is 4.92. The second kappa shape index (κ2) is 4.91. The smallest absolute Gasteiger partial charge is 0.224 e. The highest BCUT2D eigenvalue weighted by molar-refractivity contribution is 7.89. The summed E-state index contributed by atoms with van der Waals surface area (Å²) in [6.07, 6.45) is 0.794. The molecule has 1 rings (SSSR count). The number of nitrogens with one attached hydrogen (secondary N) is 2. The van der Waals surface area contributed by atoms with Crippen molar-refractivity contribution in [3.63, 3.8) is 0 Å². The predicted octanol–water partition coefficient (Wildman–Crippen LogP) is -1.61. The predicted molar refractivity (Wildman–Crippen MR) is 56.6 cm³/mol. The van der Waals surface area contributed by atoms with Gasteiger partial charge in [0.1, 0.15) is 0 Å². The van der Waals surface area contributed by atoms with Crippen LogP contribution in [0.25, 0.3) is 0 Å². The fraction of sp³-hybridized carbons (Fsp3) is 0.875. The Morgan fingerprint density at radius 2 is 2.27 bits per heavy atom. The molecule has 0 aromatic rings. The van der Waals surface area contributed by atoms with Crippen LogP contribution >= 0.6 is 0 Å². The third-order valence-corrected chi connectivity index (χ3v) is 3.32. The minimum Gasteiger partial charge on any atom is -0.355 e. The molecule has 0 aliphatic carbocycles. The number of hydrogen-bond donors (Lipinski definition) is 3. The minimum atomic E-state index is -3.49. The van der Waals surface area contributed by atoms with Gasteiger partial charge in [-0.2, -0.15) is 0 Å². The van der Waals surface area contributed by atoms with Gasteiger partial charge in [-0.1, -0.05) is 0 Å². The highest BCUT2D eigenvalue weighted by atomic mass is 32.2. The lowest BCUT2D eigenvalue weighted by Crippen LogP contribution is -2.39. The van der Waals surface area contributed by atoms with Crippen molar-refractivity contribution in [3.8, 4) is 0 Å². The van der Waals surface area contributed by atoms with Crippen molar-refractivity contribution in [2.45, 2.75) is 19.4 Å². The third kappa shape index (κ3) is 4.15. The van der Waals surface area contributed by atoms with Crippen molar-refractivity contribution < 1.29 is 13.2 Å². The highest BCUT2D eigenvalue weighted by Gasteiger charge is 2.28. The Kier molecular flexibility index (Phi) is 4.06. The SMILES string of the molecule is CC1NCCC1C(=O)NCCS(N)(=O)=O. The molecular weight excluding hydrogens is 218 g/mol. The molecule has 0 aromatic carbocycles. The number of rotatable bonds is 4. The van der Waals surface area contributed by atoms with Gasteiger partial charge in [-0.3, -0.25) is 4.79 Å². The van der Waals surface area contributed by atoms with Crippen molar-refractivity contribution in [3.05, 3.63) is 0 Å². The average molecular weight is 235 g/mol. The summed E-state index contributed by atoms with van der Waals surface area (Å²) < 4.78 is 21.2. The number of nitrogens with two attached hydrogens (primary N) is 1. The number of hydrogen-bond acceptors (Lipinski definition) is 4. The van der Waals surface area contributed by atoms with E-state index in [0.717, 1.165) is 13.0 Å². The maximum atomic E-state index is 11.6. The maximum absolute atomic E-state index is 11.6. The van der Waals surface area contributed by atoms with E-state index < -0.39 is 10.0 Å². The van der Waals surface area contributed by atoms with E-state index in [1.807, 2.05) is 6.92 Å². The van der Waals surface area contributed by atoms with Crippen molar-refractivity contribution in [2.75, 3.05) is 18.8 Å². The van der Waals surface area contributed by atoms with Crippen LogP contribution in [-0.2, 0) is 14.8 Å². The summed E-state index contributed by atoms with van der Waals surface area (Å²) >= 11 is 0. The van der Waals surface area contributed by atoms with Gasteiger partial charge in [-0.05, 0) is 19.9 Å². The molecule has 6 nitrogen and oxygen atoms in total. The van der Waals surface area contributed by atoms with Gasteiger partial charge in [-0.15, -0.1) is 0 Å². The lowest BCUT2D eigenvalue weighted by Gasteiger charge is -2.14. The Bertz CT molecular complexity index is 328. The first kappa shape index (κ1) is 12.4.